The molecule has 0 unspecified atom stereocenters. The maximum Gasteiger partial charge on any atom is 0.311 e. The number of nitriles is 1. The van der Waals surface area contributed by atoms with Crippen molar-refractivity contribution in [3.05, 3.63) is 41.6 Å². The molecule has 0 bridgehead atoms. The summed E-state index contributed by atoms with van der Waals surface area (Å²) in [5.41, 5.74) is 0.0994. The number of aryl methyl sites for hydroxylation is 1. The molecule has 2 heterocycles. The SMILES string of the molecule is Cc1nnc(C(=O)N2CCN(S(=O)(=O)c3ccccc3C#N)CC2)o1. The molecule has 1 saturated heterocycles. The van der Waals surface area contributed by atoms with Crippen LogP contribution in [0.25, 0.3) is 0 Å². The van der Waals surface area contributed by atoms with Gasteiger partial charge in [0.1, 0.15) is 6.07 Å². The van der Waals surface area contributed by atoms with Crippen LogP contribution in [-0.4, -0.2) is 59.9 Å². The Labute approximate surface area is 144 Å². The summed E-state index contributed by atoms with van der Waals surface area (Å²) in [6.45, 7) is 2.24. The molecule has 1 aliphatic rings. The van der Waals surface area contributed by atoms with Gasteiger partial charge in [0.25, 0.3) is 0 Å². The van der Waals surface area contributed by atoms with Gasteiger partial charge in [0.05, 0.1) is 10.5 Å². The van der Waals surface area contributed by atoms with Gasteiger partial charge in [-0.3, -0.25) is 4.79 Å². The molecule has 130 valence electrons. The smallest absolute Gasteiger partial charge is 0.311 e. The number of aromatic nitrogens is 2. The number of carbonyl (C=O) groups is 1. The van der Waals surface area contributed by atoms with E-state index >= 15 is 0 Å². The molecule has 0 N–H and O–H groups in total. The van der Waals surface area contributed by atoms with Gasteiger partial charge in [-0.1, -0.05) is 12.1 Å². The first-order valence-electron chi connectivity index (χ1n) is 7.52. The molecule has 1 aliphatic heterocycles. The van der Waals surface area contributed by atoms with Crippen LogP contribution in [0.4, 0.5) is 0 Å². The molecular weight excluding hydrogens is 346 g/mol. The van der Waals surface area contributed by atoms with Crippen LogP contribution < -0.4 is 0 Å². The first-order valence-corrected chi connectivity index (χ1v) is 8.96. The summed E-state index contributed by atoms with van der Waals surface area (Å²) < 4.78 is 31.9. The summed E-state index contributed by atoms with van der Waals surface area (Å²) in [7, 11) is -3.79. The highest BCUT2D eigenvalue weighted by Gasteiger charge is 2.33. The summed E-state index contributed by atoms with van der Waals surface area (Å²) in [6, 6.07) is 7.95. The highest BCUT2D eigenvalue weighted by molar-refractivity contribution is 7.89. The van der Waals surface area contributed by atoms with Gasteiger partial charge in [0.2, 0.25) is 15.9 Å². The number of sulfonamides is 1. The standard InChI is InChI=1S/C15H15N5O4S/c1-11-17-18-14(24-11)15(21)19-6-8-20(9-7-19)25(22,23)13-5-3-2-4-12(13)10-16/h2-5H,6-9H2,1H3. The predicted octanol–water partition coefficient (Wildman–Crippen LogP) is 0.396. The molecule has 2 aromatic rings. The summed E-state index contributed by atoms with van der Waals surface area (Å²) in [5.74, 6) is -0.239. The molecule has 1 aromatic carbocycles. The zero-order chi connectivity index (χ0) is 18.0. The largest absolute Gasteiger partial charge is 0.417 e. The van der Waals surface area contributed by atoms with Gasteiger partial charge in [-0.05, 0) is 12.1 Å². The van der Waals surface area contributed by atoms with E-state index in [1.165, 1.54) is 21.3 Å². The monoisotopic (exact) mass is 361 g/mol. The van der Waals surface area contributed by atoms with E-state index in [1.54, 1.807) is 19.1 Å². The second-order valence-corrected chi connectivity index (χ2v) is 7.34. The normalized spacial score (nSPS) is 15.8. The Morgan fingerprint density at radius 3 is 2.48 bits per heavy atom. The average Bonchev–Trinajstić information content (AvgIpc) is 3.07. The molecule has 10 heteroatoms. The van der Waals surface area contributed by atoms with Crippen molar-refractivity contribution in [3.63, 3.8) is 0 Å². The molecule has 0 radical (unpaired) electrons. The fourth-order valence-corrected chi connectivity index (χ4v) is 4.14. The third-order valence-electron chi connectivity index (χ3n) is 3.86. The Morgan fingerprint density at radius 2 is 1.88 bits per heavy atom. The van der Waals surface area contributed by atoms with Crippen molar-refractivity contribution in [2.45, 2.75) is 11.8 Å². The van der Waals surface area contributed by atoms with Crippen LogP contribution in [0.5, 0.6) is 0 Å². The molecule has 1 amide bonds. The quantitative estimate of drug-likeness (QED) is 0.775. The molecule has 9 nitrogen and oxygen atoms in total. The van der Waals surface area contributed by atoms with Crippen molar-refractivity contribution in [3.8, 4) is 6.07 Å². The van der Waals surface area contributed by atoms with E-state index in [2.05, 4.69) is 10.2 Å². The number of hydrogen-bond donors (Lipinski definition) is 0. The van der Waals surface area contributed by atoms with Crippen LogP contribution in [0.3, 0.4) is 0 Å². The Bertz CT molecular complexity index is 939. The number of carbonyl (C=O) groups excluding carboxylic acids is 1. The second kappa shape index (κ2) is 6.62. The Morgan fingerprint density at radius 1 is 1.20 bits per heavy atom. The summed E-state index contributed by atoms with van der Waals surface area (Å²) >= 11 is 0. The minimum absolute atomic E-state index is 0.0233. The fourth-order valence-electron chi connectivity index (χ4n) is 2.57. The van der Waals surface area contributed by atoms with Crippen LogP contribution in [0.15, 0.2) is 33.6 Å². The third kappa shape index (κ3) is 3.24. The number of hydrogen-bond acceptors (Lipinski definition) is 7. The maximum absolute atomic E-state index is 12.7. The third-order valence-corrected chi connectivity index (χ3v) is 5.82. The molecule has 0 aliphatic carbocycles. The van der Waals surface area contributed by atoms with Gasteiger partial charge in [-0.15, -0.1) is 10.2 Å². The van der Waals surface area contributed by atoms with Gasteiger partial charge in [-0.25, -0.2) is 8.42 Å². The Hall–Kier alpha value is -2.77. The second-order valence-electron chi connectivity index (χ2n) is 5.43. The lowest BCUT2D eigenvalue weighted by atomic mass is 10.2. The van der Waals surface area contributed by atoms with E-state index in [9.17, 15) is 13.2 Å². The predicted molar refractivity (Wildman–Crippen MR) is 84.9 cm³/mol. The van der Waals surface area contributed by atoms with Crippen LogP contribution in [0.1, 0.15) is 22.1 Å². The molecule has 3 rings (SSSR count). The van der Waals surface area contributed by atoms with E-state index in [0.717, 1.165) is 0 Å². The molecule has 25 heavy (non-hydrogen) atoms. The van der Waals surface area contributed by atoms with Crippen LogP contribution >= 0.6 is 0 Å². The van der Waals surface area contributed by atoms with Crippen molar-refractivity contribution in [2.24, 2.45) is 0 Å². The highest BCUT2D eigenvalue weighted by atomic mass is 32.2. The number of benzene rings is 1. The van der Waals surface area contributed by atoms with Crippen LogP contribution in [0, 0.1) is 18.3 Å². The lowest BCUT2D eigenvalue weighted by Gasteiger charge is -2.33. The van der Waals surface area contributed by atoms with Crippen molar-refractivity contribution in [1.29, 1.82) is 5.26 Å². The highest BCUT2D eigenvalue weighted by Crippen LogP contribution is 2.21. The minimum atomic E-state index is -3.79. The minimum Gasteiger partial charge on any atom is -0.417 e. The Kier molecular flexibility index (Phi) is 4.52. The van der Waals surface area contributed by atoms with Crippen LogP contribution in [0.2, 0.25) is 0 Å². The summed E-state index contributed by atoms with van der Waals surface area (Å²) in [5, 5.41) is 16.4. The van der Waals surface area contributed by atoms with E-state index in [0.29, 0.717) is 0 Å². The summed E-state index contributed by atoms with van der Waals surface area (Å²) in [6.07, 6.45) is 0. The molecule has 0 saturated carbocycles. The number of piperazine rings is 1. The van der Waals surface area contributed by atoms with Crippen molar-refractivity contribution >= 4 is 15.9 Å². The first-order chi connectivity index (χ1) is 11.9. The molecule has 0 atom stereocenters. The van der Waals surface area contributed by atoms with E-state index in [1.807, 2.05) is 6.07 Å². The molecule has 1 fully saturated rings. The number of rotatable bonds is 3. The zero-order valence-electron chi connectivity index (χ0n) is 13.4. The first kappa shape index (κ1) is 17.1. The van der Waals surface area contributed by atoms with Gasteiger partial charge in [0, 0.05) is 33.1 Å². The van der Waals surface area contributed by atoms with Crippen molar-refractivity contribution in [2.75, 3.05) is 26.2 Å². The van der Waals surface area contributed by atoms with Gasteiger partial charge in [0.15, 0.2) is 0 Å². The topological polar surface area (TPSA) is 120 Å². The van der Waals surface area contributed by atoms with Crippen molar-refractivity contribution in [1.82, 2.24) is 19.4 Å². The molecular formula is C15H15N5O4S. The number of amides is 1. The molecule has 1 aromatic heterocycles. The zero-order valence-corrected chi connectivity index (χ0v) is 14.2. The lowest BCUT2D eigenvalue weighted by molar-refractivity contribution is 0.0656. The van der Waals surface area contributed by atoms with Gasteiger partial charge >= 0.3 is 11.8 Å². The average molecular weight is 361 g/mol. The van der Waals surface area contributed by atoms with E-state index < -0.39 is 15.9 Å². The van der Waals surface area contributed by atoms with Gasteiger partial charge in [-0.2, -0.15) is 9.57 Å². The maximum atomic E-state index is 12.7. The van der Waals surface area contributed by atoms with E-state index in [-0.39, 0.29) is 48.4 Å². The van der Waals surface area contributed by atoms with Crippen molar-refractivity contribution < 1.29 is 17.6 Å². The van der Waals surface area contributed by atoms with Crippen LogP contribution in [-0.2, 0) is 10.0 Å². The fraction of sp³-hybridized carbons (Fsp3) is 0.333. The summed E-state index contributed by atoms with van der Waals surface area (Å²) in [4.78, 5) is 13.7. The van der Waals surface area contributed by atoms with Gasteiger partial charge < -0.3 is 9.32 Å². The lowest BCUT2D eigenvalue weighted by Crippen LogP contribution is -2.50. The molecule has 0 spiro atoms. The Balaban J connectivity index is 1.74. The van der Waals surface area contributed by atoms with E-state index in [4.69, 9.17) is 9.68 Å². The number of nitrogens with zero attached hydrogens (tertiary/aromatic N) is 5.